The third kappa shape index (κ3) is 43.9. The molecule has 0 aromatic rings. The Balaban J connectivity index is 3.05. The molecule has 0 radical (unpaired) electrons. The minimum atomic E-state index is -0.0956. The summed E-state index contributed by atoms with van der Waals surface area (Å²) in [4.78, 5) is 11.1. The van der Waals surface area contributed by atoms with Gasteiger partial charge in [0, 0.05) is 6.42 Å². The predicted octanol–water partition coefficient (Wildman–Crippen LogP) is 16.7. The van der Waals surface area contributed by atoms with Crippen LogP contribution in [0.15, 0.2) is 0 Å². The van der Waals surface area contributed by atoms with E-state index in [-0.39, 0.29) is 5.97 Å². The van der Waals surface area contributed by atoms with E-state index < -0.39 is 0 Å². The van der Waals surface area contributed by atoms with E-state index in [9.17, 15) is 4.79 Å². The Morgan fingerprint density at radius 1 is 0.298 bits per heavy atom. The van der Waals surface area contributed by atoms with Gasteiger partial charge in [0.05, 0.1) is 9.47 Å². The molecule has 1 atom stereocenters. The third-order valence-corrected chi connectivity index (χ3v) is 10.9. The van der Waals surface area contributed by atoms with Gasteiger partial charge in [-0.25, -0.2) is 0 Å². The molecule has 0 amide bonds. The van der Waals surface area contributed by atoms with Gasteiger partial charge in [-0.3, -0.25) is 4.79 Å². The Labute approximate surface area is 300 Å². The number of hydrogen-bond acceptors (Lipinski definition) is 2. The summed E-state index contributed by atoms with van der Waals surface area (Å²) < 4.78 is 4.61. The zero-order valence-electron chi connectivity index (χ0n) is 32.6. The molecule has 0 heterocycles. The monoisotopic (exact) mass is 681 g/mol. The number of hydrogen-bond donors (Lipinski definition) is 0. The molecule has 0 aromatic heterocycles. The first kappa shape index (κ1) is 46.9. The third-order valence-electron chi connectivity index (χ3n) is 10.6. The maximum absolute atomic E-state index is 11.1. The largest absolute Gasteiger partial charge is 0.452 e. The second-order valence-electron chi connectivity index (χ2n) is 15.4. The van der Waals surface area contributed by atoms with Crippen molar-refractivity contribution < 1.29 is 9.32 Å². The molecular weight excluding hydrogens is 591 g/mol. The molecule has 0 fully saturated rings. The van der Waals surface area contributed by atoms with E-state index >= 15 is 0 Å². The molecule has 0 aliphatic carbocycles. The number of carbonyl (C=O) groups is 1. The van der Waals surface area contributed by atoms with E-state index in [2.05, 4.69) is 11.4 Å². The van der Waals surface area contributed by atoms with Crippen LogP contribution in [0.4, 0.5) is 0 Å². The van der Waals surface area contributed by atoms with E-state index in [4.69, 9.17) is 0 Å². The molecule has 0 spiro atoms. The van der Waals surface area contributed by atoms with Crippen molar-refractivity contribution in [1.29, 1.82) is 0 Å². The first-order valence-electron chi connectivity index (χ1n) is 22.2. The molecule has 2 nitrogen and oxygen atoms in total. The van der Waals surface area contributed by atoms with Gasteiger partial charge in [-0.15, -0.1) is 0 Å². The van der Waals surface area contributed by atoms with Crippen molar-refractivity contribution in [2.24, 2.45) is 0 Å². The smallest absolute Gasteiger partial charge is 0.307 e. The van der Waals surface area contributed by atoms with Crippen molar-refractivity contribution >= 4 is 15.4 Å². The summed E-state index contributed by atoms with van der Waals surface area (Å²) in [7, 11) is 2.04. The number of carbonyl (C=O) groups excluding carboxylic acids is 1. The van der Waals surface area contributed by atoms with Crippen LogP contribution in [-0.4, -0.2) is 5.97 Å². The first-order chi connectivity index (χ1) is 23.3. The average molecular weight is 681 g/mol. The van der Waals surface area contributed by atoms with Gasteiger partial charge in [0.1, 0.15) is 0 Å². The van der Waals surface area contributed by atoms with Crippen LogP contribution in [0.5, 0.6) is 0 Å². The molecule has 0 aromatic carbocycles. The van der Waals surface area contributed by atoms with E-state index in [1.165, 1.54) is 257 Å². The summed E-state index contributed by atoms with van der Waals surface area (Å²) >= 11 is 0. The summed E-state index contributed by atoms with van der Waals surface area (Å²) in [5.41, 5.74) is 0. The normalized spacial score (nSPS) is 11.4. The Bertz CT molecular complexity index is 565. The van der Waals surface area contributed by atoms with Crippen molar-refractivity contribution in [2.75, 3.05) is 0 Å². The van der Waals surface area contributed by atoms with Crippen LogP contribution in [0.1, 0.15) is 277 Å². The summed E-state index contributed by atoms with van der Waals surface area (Å²) in [5.74, 6) is -0.0956. The molecule has 282 valence electrons. The second-order valence-corrected chi connectivity index (χ2v) is 15.6. The van der Waals surface area contributed by atoms with Crippen LogP contribution in [0.3, 0.4) is 0 Å². The fourth-order valence-electron chi connectivity index (χ4n) is 7.30. The highest BCUT2D eigenvalue weighted by Crippen LogP contribution is 2.18. The zero-order valence-corrected chi connectivity index (χ0v) is 33.7. The van der Waals surface area contributed by atoms with Gasteiger partial charge in [0.15, 0.2) is 0 Å². The molecule has 0 rings (SSSR count). The lowest BCUT2D eigenvalue weighted by molar-refractivity contribution is -0.133. The lowest BCUT2D eigenvalue weighted by Crippen LogP contribution is -1.95. The molecule has 0 saturated carbocycles. The Morgan fingerprint density at radius 3 is 0.596 bits per heavy atom. The first-order valence-corrected chi connectivity index (χ1v) is 22.7. The van der Waals surface area contributed by atoms with Crippen molar-refractivity contribution in [3.05, 3.63) is 0 Å². The fraction of sp³-hybridized carbons (Fsp3) is 0.977. The summed E-state index contributed by atoms with van der Waals surface area (Å²) in [6.07, 6.45) is 59.6. The van der Waals surface area contributed by atoms with Gasteiger partial charge in [-0.05, 0) is 6.42 Å². The predicted molar refractivity (Wildman–Crippen MR) is 215 cm³/mol. The van der Waals surface area contributed by atoms with Gasteiger partial charge in [0.2, 0.25) is 0 Å². The van der Waals surface area contributed by atoms with Crippen LogP contribution < -0.4 is 0 Å². The molecule has 0 saturated heterocycles. The average Bonchev–Trinajstić information content (AvgIpc) is 3.08. The van der Waals surface area contributed by atoms with Gasteiger partial charge in [-0.1, -0.05) is 264 Å². The summed E-state index contributed by atoms with van der Waals surface area (Å²) in [6.45, 7) is 2.31. The highest BCUT2D eigenvalue weighted by atomic mass is 31.0. The highest BCUT2D eigenvalue weighted by molar-refractivity contribution is 7.10. The van der Waals surface area contributed by atoms with Crippen LogP contribution in [-0.2, 0) is 9.32 Å². The maximum atomic E-state index is 11.1. The van der Waals surface area contributed by atoms with Gasteiger partial charge in [0.25, 0.3) is 0 Å². The maximum Gasteiger partial charge on any atom is 0.307 e. The lowest BCUT2D eigenvalue weighted by Gasteiger charge is -2.05. The minimum absolute atomic E-state index is 0.0956. The van der Waals surface area contributed by atoms with E-state index in [0.29, 0.717) is 6.42 Å². The summed E-state index contributed by atoms with van der Waals surface area (Å²) in [5, 5.41) is 0. The molecule has 3 heteroatoms. The molecule has 1 unspecified atom stereocenters. The van der Waals surface area contributed by atoms with Gasteiger partial charge >= 0.3 is 5.97 Å². The SMILES string of the molecule is CCCCCCCCCCCCCCCCCCCCCCCCCCCCCCCCCCCCCCCCCCCC(=O)OP. The Kier molecular flexibility index (Phi) is 43.8. The summed E-state index contributed by atoms with van der Waals surface area (Å²) in [6, 6.07) is 0. The fourth-order valence-corrected chi connectivity index (χ4v) is 7.41. The highest BCUT2D eigenvalue weighted by Gasteiger charge is 2.00. The quantitative estimate of drug-likeness (QED) is 0.0474. The minimum Gasteiger partial charge on any atom is -0.452 e. The van der Waals surface area contributed by atoms with Crippen LogP contribution in [0.25, 0.3) is 0 Å². The molecule has 0 bridgehead atoms. The molecule has 47 heavy (non-hydrogen) atoms. The standard InChI is InChI=1S/C44H89O2P/c1-2-3-4-5-6-7-8-9-10-11-12-13-14-15-16-17-18-19-20-21-22-23-24-25-26-27-28-29-30-31-32-33-34-35-36-37-38-39-40-41-42-43-44(45)46-47/h2-43,47H2,1H3. The van der Waals surface area contributed by atoms with Crippen molar-refractivity contribution in [2.45, 2.75) is 277 Å². The molecular formula is C44H89O2P. The van der Waals surface area contributed by atoms with E-state index in [1.807, 2.05) is 9.47 Å². The Morgan fingerprint density at radius 2 is 0.447 bits per heavy atom. The van der Waals surface area contributed by atoms with Crippen molar-refractivity contribution in [1.82, 2.24) is 0 Å². The van der Waals surface area contributed by atoms with Crippen LogP contribution in [0.2, 0.25) is 0 Å². The van der Waals surface area contributed by atoms with Gasteiger partial charge < -0.3 is 4.52 Å². The number of rotatable bonds is 42. The topological polar surface area (TPSA) is 26.3 Å². The zero-order chi connectivity index (χ0) is 34.0. The Hall–Kier alpha value is -0.100. The molecule has 0 aliphatic heterocycles. The van der Waals surface area contributed by atoms with Crippen LogP contribution in [0, 0.1) is 0 Å². The molecule has 0 N–H and O–H groups in total. The van der Waals surface area contributed by atoms with Crippen LogP contribution >= 0.6 is 9.47 Å². The number of unbranched alkanes of at least 4 members (excludes halogenated alkanes) is 40. The van der Waals surface area contributed by atoms with E-state index in [0.717, 1.165) is 6.42 Å². The molecule has 0 aliphatic rings. The second kappa shape index (κ2) is 43.9. The van der Waals surface area contributed by atoms with E-state index in [1.54, 1.807) is 0 Å². The van der Waals surface area contributed by atoms with Crippen molar-refractivity contribution in [3.63, 3.8) is 0 Å². The lowest BCUT2D eigenvalue weighted by atomic mass is 10.0. The van der Waals surface area contributed by atoms with Crippen molar-refractivity contribution in [3.8, 4) is 0 Å². The van der Waals surface area contributed by atoms with Gasteiger partial charge in [-0.2, -0.15) is 0 Å².